The highest BCUT2D eigenvalue weighted by atomic mass is 16.2. The molecule has 0 saturated heterocycles. The third-order valence-electron chi connectivity index (χ3n) is 3.63. The van der Waals surface area contributed by atoms with Crippen molar-refractivity contribution in [3.8, 4) is 0 Å². The first-order valence-corrected chi connectivity index (χ1v) is 6.77. The first-order chi connectivity index (χ1) is 10.1. The first-order valence-electron chi connectivity index (χ1n) is 6.77. The van der Waals surface area contributed by atoms with Gasteiger partial charge in [-0.05, 0) is 19.1 Å². The molecule has 0 aliphatic rings. The molecular formula is C18H15NO2. The molecule has 3 nitrogen and oxygen atoms in total. The third kappa shape index (κ3) is 2.27. The van der Waals surface area contributed by atoms with Crippen LogP contribution in [0.1, 0.15) is 26.3 Å². The van der Waals surface area contributed by atoms with Gasteiger partial charge in [0.25, 0.3) is 0 Å². The molecule has 3 heteroatoms. The van der Waals surface area contributed by atoms with Crippen LogP contribution in [-0.4, -0.2) is 16.1 Å². The number of aromatic nitrogens is 1. The number of Topliss-reactive ketones (excluding diaryl/α,β-unsaturated/α-hetero) is 2. The van der Waals surface area contributed by atoms with Crippen LogP contribution < -0.4 is 0 Å². The molecular weight excluding hydrogens is 262 g/mol. The Morgan fingerprint density at radius 1 is 0.952 bits per heavy atom. The Balaban J connectivity index is 2.07. The topological polar surface area (TPSA) is 39.1 Å². The number of benzene rings is 2. The SMILES string of the molecule is Cc1cccc(C(=O)C(=O)c2cn(C)c3ccccc23)c1. The zero-order valence-corrected chi connectivity index (χ0v) is 12.0. The van der Waals surface area contributed by atoms with Crippen molar-refractivity contribution in [3.63, 3.8) is 0 Å². The Hall–Kier alpha value is -2.68. The van der Waals surface area contributed by atoms with E-state index in [4.69, 9.17) is 0 Å². The van der Waals surface area contributed by atoms with E-state index in [9.17, 15) is 9.59 Å². The number of rotatable bonds is 3. The molecule has 0 aliphatic carbocycles. The fourth-order valence-corrected chi connectivity index (χ4v) is 2.56. The lowest BCUT2D eigenvalue weighted by Crippen LogP contribution is -2.14. The summed E-state index contributed by atoms with van der Waals surface area (Å²) in [5.74, 6) is -0.924. The molecule has 21 heavy (non-hydrogen) atoms. The molecule has 0 amide bonds. The van der Waals surface area contributed by atoms with Gasteiger partial charge in [0.1, 0.15) is 0 Å². The lowest BCUT2D eigenvalue weighted by molar-refractivity contribution is 0.0818. The van der Waals surface area contributed by atoms with Crippen LogP contribution >= 0.6 is 0 Å². The maximum absolute atomic E-state index is 12.5. The van der Waals surface area contributed by atoms with Crippen LogP contribution in [0.4, 0.5) is 0 Å². The van der Waals surface area contributed by atoms with Crippen molar-refractivity contribution < 1.29 is 9.59 Å². The Morgan fingerprint density at radius 3 is 2.48 bits per heavy atom. The monoisotopic (exact) mass is 277 g/mol. The summed E-state index contributed by atoms with van der Waals surface area (Å²) in [6.45, 7) is 1.90. The third-order valence-corrected chi connectivity index (χ3v) is 3.63. The van der Waals surface area contributed by atoms with Crippen molar-refractivity contribution in [2.45, 2.75) is 6.92 Å². The van der Waals surface area contributed by atoms with Crippen molar-refractivity contribution in [1.29, 1.82) is 0 Å². The zero-order chi connectivity index (χ0) is 15.0. The van der Waals surface area contributed by atoms with Gasteiger partial charge >= 0.3 is 0 Å². The molecule has 3 aromatic rings. The minimum atomic E-state index is -0.463. The smallest absolute Gasteiger partial charge is 0.235 e. The quantitative estimate of drug-likeness (QED) is 0.542. The summed E-state index contributed by atoms with van der Waals surface area (Å²) in [5.41, 5.74) is 2.80. The molecule has 3 rings (SSSR count). The summed E-state index contributed by atoms with van der Waals surface area (Å²) in [4.78, 5) is 24.9. The van der Waals surface area contributed by atoms with Crippen LogP contribution in [0.5, 0.6) is 0 Å². The number of carbonyl (C=O) groups excluding carboxylic acids is 2. The van der Waals surface area contributed by atoms with Gasteiger partial charge in [0.2, 0.25) is 11.6 Å². The Bertz CT molecular complexity index is 859. The summed E-state index contributed by atoms with van der Waals surface area (Å²) < 4.78 is 1.87. The van der Waals surface area contributed by atoms with Crippen molar-refractivity contribution in [2.75, 3.05) is 0 Å². The molecule has 0 saturated carbocycles. The molecule has 0 aliphatic heterocycles. The fraction of sp³-hybridized carbons (Fsp3) is 0.111. The Labute approximate surface area is 122 Å². The van der Waals surface area contributed by atoms with Gasteiger partial charge in [-0.25, -0.2) is 0 Å². The van der Waals surface area contributed by atoms with E-state index in [1.54, 1.807) is 24.4 Å². The van der Waals surface area contributed by atoms with Crippen LogP contribution in [0.25, 0.3) is 10.9 Å². The van der Waals surface area contributed by atoms with E-state index in [0.717, 1.165) is 16.5 Å². The highest BCUT2D eigenvalue weighted by molar-refractivity contribution is 6.50. The molecule has 0 fully saturated rings. The second-order valence-electron chi connectivity index (χ2n) is 5.20. The largest absolute Gasteiger partial charge is 0.350 e. The number of hydrogen-bond donors (Lipinski definition) is 0. The van der Waals surface area contributed by atoms with Gasteiger partial charge in [0.15, 0.2) is 0 Å². The van der Waals surface area contributed by atoms with Crippen LogP contribution in [0, 0.1) is 6.92 Å². The average Bonchev–Trinajstić information content (AvgIpc) is 2.83. The van der Waals surface area contributed by atoms with Crippen LogP contribution in [-0.2, 0) is 7.05 Å². The number of para-hydroxylation sites is 1. The van der Waals surface area contributed by atoms with Gasteiger partial charge in [-0.1, -0.05) is 42.0 Å². The van der Waals surface area contributed by atoms with Crippen molar-refractivity contribution in [1.82, 2.24) is 4.57 Å². The van der Waals surface area contributed by atoms with Gasteiger partial charge < -0.3 is 4.57 Å². The highest BCUT2D eigenvalue weighted by Gasteiger charge is 2.22. The second kappa shape index (κ2) is 5.02. The van der Waals surface area contributed by atoms with Gasteiger partial charge in [-0.3, -0.25) is 9.59 Å². The molecule has 0 N–H and O–H groups in total. The Morgan fingerprint density at radius 2 is 1.71 bits per heavy atom. The molecule has 0 spiro atoms. The molecule has 0 bridgehead atoms. The van der Waals surface area contributed by atoms with Crippen LogP contribution in [0.3, 0.4) is 0 Å². The predicted octanol–water partition coefficient (Wildman–Crippen LogP) is 3.55. The molecule has 2 aromatic carbocycles. The summed E-state index contributed by atoms with van der Waals surface area (Å²) in [6, 6.07) is 14.7. The summed E-state index contributed by atoms with van der Waals surface area (Å²) in [5, 5.41) is 0.811. The van der Waals surface area contributed by atoms with E-state index < -0.39 is 11.6 Å². The molecule has 104 valence electrons. The summed E-state index contributed by atoms with van der Waals surface area (Å²) in [7, 11) is 1.87. The van der Waals surface area contributed by atoms with Gasteiger partial charge in [0.05, 0.1) is 5.56 Å². The number of aryl methyl sites for hydroxylation is 2. The molecule has 0 unspecified atom stereocenters. The Kier molecular flexibility index (Phi) is 3.18. The lowest BCUT2D eigenvalue weighted by Gasteiger charge is -2.01. The predicted molar refractivity (Wildman–Crippen MR) is 82.8 cm³/mol. The van der Waals surface area contributed by atoms with Crippen molar-refractivity contribution >= 4 is 22.5 Å². The number of fused-ring (bicyclic) bond motifs is 1. The van der Waals surface area contributed by atoms with E-state index in [2.05, 4.69) is 0 Å². The van der Waals surface area contributed by atoms with E-state index in [1.807, 2.05) is 48.9 Å². The highest BCUT2D eigenvalue weighted by Crippen LogP contribution is 2.22. The average molecular weight is 277 g/mol. The lowest BCUT2D eigenvalue weighted by atomic mass is 10.00. The molecule has 1 aromatic heterocycles. The minimum Gasteiger partial charge on any atom is -0.350 e. The maximum atomic E-state index is 12.5. The van der Waals surface area contributed by atoms with Gasteiger partial charge in [-0.2, -0.15) is 0 Å². The zero-order valence-electron chi connectivity index (χ0n) is 12.0. The molecule has 1 heterocycles. The molecule has 0 radical (unpaired) electrons. The van der Waals surface area contributed by atoms with E-state index >= 15 is 0 Å². The first kappa shape index (κ1) is 13.3. The fourth-order valence-electron chi connectivity index (χ4n) is 2.56. The van der Waals surface area contributed by atoms with Crippen LogP contribution in [0.15, 0.2) is 54.7 Å². The summed E-state index contributed by atoms with van der Waals surface area (Å²) in [6.07, 6.45) is 1.72. The van der Waals surface area contributed by atoms with E-state index in [-0.39, 0.29) is 0 Å². The maximum Gasteiger partial charge on any atom is 0.235 e. The van der Waals surface area contributed by atoms with Gasteiger partial charge in [0, 0.05) is 29.7 Å². The van der Waals surface area contributed by atoms with Gasteiger partial charge in [-0.15, -0.1) is 0 Å². The standard InChI is InChI=1S/C18H15NO2/c1-12-6-5-7-13(10-12)17(20)18(21)15-11-19(2)16-9-4-3-8-14(15)16/h3-11H,1-2H3. The minimum absolute atomic E-state index is 0.438. The number of nitrogens with zero attached hydrogens (tertiary/aromatic N) is 1. The number of hydrogen-bond acceptors (Lipinski definition) is 2. The molecule has 0 atom stereocenters. The van der Waals surface area contributed by atoms with Crippen LogP contribution in [0.2, 0.25) is 0 Å². The normalized spacial score (nSPS) is 10.8. The van der Waals surface area contributed by atoms with Crippen molar-refractivity contribution in [2.24, 2.45) is 7.05 Å². The van der Waals surface area contributed by atoms with E-state index in [1.165, 1.54) is 0 Å². The van der Waals surface area contributed by atoms with Crippen molar-refractivity contribution in [3.05, 3.63) is 71.4 Å². The number of carbonyl (C=O) groups is 2. The van der Waals surface area contributed by atoms with E-state index in [0.29, 0.717) is 11.1 Å². The second-order valence-corrected chi connectivity index (χ2v) is 5.20. The number of ketones is 2. The summed E-state index contributed by atoms with van der Waals surface area (Å²) >= 11 is 0.